The molecule has 1 heterocycles. The van der Waals surface area contributed by atoms with Crippen LogP contribution in [0, 0.1) is 12.7 Å². The molecular weight excluding hydrogens is 333 g/mol. The number of ether oxygens (including phenoxy) is 1. The summed E-state index contributed by atoms with van der Waals surface area (Å²) < 4.78 is 18.2. The molecule has 1 aromatic heterocycles. The first-order valence-electron chi connectivity index (χ1n) is 7.24. The standard InChI is InChI=1S/C17H16FNO4S/c1-11-4-5-12(9-13(11)18)19-16(21)10-23-17(22)7-6-14(20)15-3-2-8-24-15/h2-5,8-9H,6-7,10H2,1H3,(H,19,21). The summed E-state index contributed by atoms with van der Waals surface area (Å²) in [7, 11) is 0. The number of carbonyl (C=O) groups excluding carboxylic acids is 3. The molecule has 0 unspecified atom stereocenters. The van der Waals surface area contributed by atoms with E-state index in [1.54, 1.807) is 30.5 Å². The fourth-order valence-electron chi connectivity index (χ4n) is 1.86. The molecule has 0 bridgehead atoms. The monoisotopic (exact) mass is 349 g/mol. The summed E-state index contributed by atoms with van der Waals surface area (Å²) in [5.41, 5.74) is 0.752. The molecular formula is C17H16FNO4S. The summed E-state index contributed by atoms with van der Waals surface area (Å²) in [5, 5.41) is 4.21. The Hall–Kier alpha value is -2.54. The van der Waals surface area contributed by atoms with Crippen molar-refractivity contribution in [2.45, 2.75) is 19.8 Å². The Morgan fingerprint density at radius 1 is 1.21 bits per heavy atom. The van der Waals surface area contributed by atoms with E-state index in [2.05, 4.69) is 5.32 Å². The number of thiophene rings is 1. The van der Waals surface area contributed by atoms with Gasteiger partial charge in [0.2, 0.25) is 0 Å². The predicted molar refractivity (Wildman–Crippen MR) is 88.6 cm³/mol. The molecule has 5 nitrogen and oxygen atoms in total. The van der Waals surface area contributed by atoms with Crippen molar-refractivity contribution in [1.29, 1.82) is 0 Å². The highest BCUT2D eigenvalue weighted by molar-refractivity contribution is 7.12. The number of amides is 1. The second kappa shape index (κ2) is 8.35. The Kier molecular flexibility index (Phi) is 6.20. The van der Waals surface area contributed by atoms with Crippen molar-refractivity contribution < 1.29 is 23.5 Å². The van der Waals surface area contributed by atoms with Gasteiger partial charge in [-0.2, -0.15) is 0 Å². The minimum Gasteiger partial charge on any atom is -0.456 e. The molecule has 7 heteroatoms. The molecule has 2 rings (SSSR count). The van der Waals surface area contributed by atoms with Crippen LogP contribution in [0.3, 0.4) is 0 Å². The number of hydrogen-bond acceptors (Lipinski definition) is 5. The Morgan fingerprint density at radius 3 is 2.67 bits per heavy atom. The number of carbonyl (C=O) groups is 3. The number of esters is 1. The normalized spacial score (nSPS) is 10.2. The van der Waals surface area contributed by atoms with Gasteiger partial charge in [-0.1, -0.05) is 12.1 Å². The van der Waals surface area contributed by atoms with E-state index < -0.39 is 24.3 Å². The summed E-state index contributed by atoms with van der Waals surface area (Å²) in [6.45, 7) is 1.13. The van der Waals surface area contributed by atoms with Gasteiger partial charge < -0.3 is 10.1 Å². The maximum absolute atomic E-state index is 13.4. The molecule has 1 N–H and O–H groups in total. The van der Waals surface area contributed by atoms with Crippen molar-refractivity contribution in [1.82, 2.24) is 0 Å². The minimum absolute atomic E-state index is 0.0319. The fourth-order valence-corrected chi connectivity index (χ4v) is 2.56. The number of hydrogen-bond donors (Lipinski definition) is 1. The third kappa shape index (κ3) is 5.27. The van der Waals surface area contributed by atoms with E-state index >= 15 is 0 Å². The summed E-state index contributed by atoms with van der Waals surface area (Å²) in [4.78, 5) is 35.5. The Morgan fingerprint density at radius 2 is 2.00 bits per heavy atom. The molecule has 0 fully saturated rings. The van der Waals surface area contributed by atoms with Gasteiger partial charge in [0.25, 0.3) is 5.91 Å². The molecule has 0 aliphatic rings. The van der Waals surface area contributed by atoms with E-state index in [0.29, 0.717) is 10.4 Å². The zero-order valence-corrected chi connectivity index (χ0v) is 13.8. The van der Waals surface area contributed by atoms with Crippen LogP contribution in [-0.4, -0.2) is 24.3 Å². The molecule has 0 saturated carbocycles. The van der Waals surface area contributed by atoms with Crippen LogP contribution in [0.4, 0.5) is 10.1 Å². The maximum atomic E-state index is 13.4. The Labute approximate surface area is 142 Å². The van der Waals surface area contributed by atoms with Gasteiger partial charge in [-0.3, -0.25) is 14.4 Å². The van der Waals surface area contributed by atoms with Crippen LogP contribution in [0.1, 0.15) is 28.1 Å². The van der Waals surface area contributed by atoms with Crippen LogP contribution in [0.25, 0.3) is 0 Å². The average molecular weight is 349 g/mol. The Bertz CT molecular complexity index is 743. The molecule has 0 atom stereocenters. The smallest absolute Gasteiger partial charge is 0.306 e. The van der Waals surface area contributed by atoms with E-state index in [1.165, 1.54) is 23.5 Å². The lowest BCUT2D eigenvalue weighted by atomic mass is 10.2. The summed E-state index contributed by atoms with van der Waals surface area (Å²) in [6, 6.07) is 7.72. The van der Waals surface area contributed by atoms with Crippen molar-refractivity contribution in [2.75, 3.05) is 11.9 Å². The van der Waals surface area contributed by atoms with E-state index in [1.807, 2.05) is 0 Å². The van der Waals surface area contributed by atoms with Crippen LogP contribution in [0.5, 0.6) is 0 Å². The van der Waals surface area contributed by atoms with Gasteiger partial charge >= 0.3 is 5.97 Å². The number of anilines is 1. The van der Waals surface area contributed by atoms with Crippen molar-refractivity contribution >= 4 is 34.7 Å². The van der Waals surface area contributed by atoms with Crippen LogP contribution < -0.4 is 5.32 Å². The molecule has 0 saturated heterocycles. The first-order valence-corrected chi connectivity index (χ1v) is 8.12. The number of benzene rings is 1. The lowest BCUT2D eigenvalue weighted by Crippen LogP contribution is -2.21. The van der Waals surface area contributed by atoms with Crippen LogP contribution >= 0.6 is 11.3 Å². The molecule has 0 aliphatic carbocycles. The third-order valence-corrected chi connectivity index (χ3v) is 4.08. The fraction of sp³-hybridized carbons (Fsp3) is 0.235. The van der Waals surface area contributed by atoms with Gasteiger partial charge in [-0.15, -0.1) is 11.3 Å². The lowest BCUT2D eigenvalue weighted by Gasteiger charge is -2.07. The number of rotatable bonds is 7. The molecule has 1 amide bonds. The van der Waals surface area contributed by atoms with E-state index in [4.69, 9.17) is 4.74 Å². The largest absolute Gasteiger partial charge is 0.456 e. The van der Waals surface area contributed by atoms with Gasteiger partial charge in [-0.25, -0.2) is 4.39 Å². The minimum atomic E-state index is -0.634. The van der Waals surface area contributed by atoms with Gasteiger partial charge in [0, 0.05) is 12.1 Å². The molecule has 1 aromatic carbocycles. The summed E-state index contributed by atoms with van der Waals surface area (Å²) >= 11 is 1.31. The quantitative estimate of drug-likeness (QED) is 0.615. The number of Topliss-reactive ketones (excluding diaryl/α,β-unsaturated/α-hetero) is 1. The summed E-state index contributed by atoms with van der Waals surface area (Å²) in [6.07, 6.45) is -0.0622. The molecule has 0 spiro atoms. The second-order valence-corrected chi connectivity index (χ2v) is 6.02. The second-order valence-electron chi connectivity index (χ2n) is 5.07. The van der Waals surface area contributed by atoms with E-state index in [0.717, 1.165) is 0 Å². The molecule has 0 aliphatic heterocycles. The van der Waals surface area contributed by atoms with Crippen LogP contribution in [-0.2, 0) is 14.3 Å². The van der Waals surface area contributed by atoms with Gasteiger partial charge in [0.15, 0.2) is 12.4 Å². The highest BCUT2D eigenvalue weighted by Gasteiger charge is 2.13. The van der Waals surface area contributed by atoms with Gasteiger partial charge in [-0.05, 0) is 36.1 Å². The number of ketones is 1. The first-order chi connectivity index (χ1) is 11.5. The van der Waals surface area contributed by atoms with Gasteiger partial charge in [0.05, 0.1) is 11.3 Å². The van der Waals surface area contributed by atoms with Crippen LogP contribution in [0.2, 0.25) is 0 Å². The number of halogens is 1. The Balaban J connectivity index is 1.72. The van der Waals surface area contributed by atoms with E-state index in [9.17, 15) is 18.8 Å². The highest BCUT2D eigenvalue weighted by atomic mass is 32.1. The predicted octanol–water partition coefficient (Wildman–Crippen LogP) is 3.34. The zero-order chi connectivity index (χ0) is 17.5. The zero-order valence-electron chi connectivity index (χ0n) is 13.0. The molecule has 126 valence electrons. The van der Waals surface area contributed by atoms with E-state index in [-0.39, 0.29) is 24.3 Å². The van der Waals surface area contributed by atoms with Gasteiger partial charge in [0.1, 0.15) is 5.82 Å². The van der Waals surface area contributed by atoms with Crippen molar-refractivity contribution in [3.05, 3.63) is 52.0 Å². The SMILES string of the molecule is Cc1ccc(NC(=O)COC(=O)CCC(=O)c2cccs2)cc1F. The van der Waals surface area contributed by atoms with Crippen LogP contribution in [0.15, 0.2) is 35.7 Å². The maximum Gasteiger partial charge on any atom is 0.306 e. The molecule has 2 aromatic rings. The third-order valence-electron chi connectivity index (χ3n) is 3.17. The molecule has 0 radical (unpaired) electrons. The molecule has 24 heavy (non-hydrogen) atoms. The first kappa shape index (κ1) is 17.8. The van der Waals surface area contributed by atoms with Crippen molar-refractivity contribution in [3.63, 3.8) is 0 Å². The lowest BCUT2D eigenvalue weighted by molar-refractivity contribution is -0.147. The summed E-state index contributed by atoms with van der Waals surface area (Å²) in [5.74, 6) is -1.78. The topological polar surface area (TPSA) is 72.5 Å². The number of nitrogens with one attached hydrogen (secondary N) is 1. The average Bonchev–Trinajstić information content (AvgIpc) is 3.08. The highest BCUT2D eigenvalue weighted by Crippen LogP contribution is 2.14. The van der Waals surface area contributed by atoms with Crippen molar-refractivity contribution in [2.24, 2.45) is 0 Å². The van der Waals surface area contributed by atoms with Crippen molar-refractivity contribution in [3.8, 4) is 0 Å². The number of aryl methyl sites for hydroxylation is 1.